The molecule has 5 heteroatoms. The fourth-order valence-corrected chi connectivity index (χ4v) is 2.12. The highest BCUT2D eigenvalue weighted by atomic mass is 79.9. The van der Waals surface area contributed by atoms with Crippen LogP contribution in [0.2, 0.25) is 0 Å². The van der Waals surface area contributed by atoms with E-state index < -0.39 is 0 Å². The van der Waals surface area contributed by atoms with Gasteiger partial charge in [0.05, 0.1) is 6.61 Å². The van der Waals surface area contributed by atoms with E-state index in [0.29, 0.717) is 12.5 Å². The molecule has 0 spiro atoms. The van der Waals surface area contributed by atoms with E-state index in [1.54, 1.807) is 0 Å². The van der Waals surface area contributed by atoms with Crippen molar-refractivity contribution >= 4 is 27.6 Å². The minimum atomic E-state index is -0.171. The number of hydrogen-bond donors (Lipinski definition) is 2. The molecule has 92 valence electrons. The first kappa shape index (κ1) is 12.4. The SMILES string of the molecule is O=C(NCC1CCOC1)Nc1cccc(Br)c1. The van der Waals surface area contributed by atoms with Crippen molar-refractivity contribution in [2.45, 2.75) is 6.42 Å². The Morgan fingerprint density at radius 2 is 2.41 bits per heavy atom. The van der Waals surface area contributed by atoms with Crippen LogP contribution in [0, 0.1) is 5.92 Å². The number of carbonyl (C=O) groups is 1. The predicted octanol–water partition coefficient (Wildman–Crippen LogP) is 2.61. The van der Waals surface area contributed by atoms with E-state index in [4.69, 9.17) is 4.74 Å². The number of amides is 2. The molecule has 0 radical (unpaired) electrons. The number of ether oxygens (including phenoxy) is 1. The largest absolute Gasteiger partial charge is 0.381 e. The quantitative estimate of drug-likeness (QED) is 0.901. The van der Waals surface area contributed by atoms with Gasteiger partial charge in [-0.15, -0.1) is 0 Å². The second kappa shape index (κ2) is 6.02. The number of urea groups is 1. The number of benzene rings is 1. The van der Waals surface area contributed by atoms with Gasteiger partial charge in [-0.25, -0.2) is 4.79 Å². The molecule has 1 heterocycles. The number of rotatable bonds is 3. The summed E-state index contributed by atoms with van der Waals surface area (Å²) in [5.74, 6) is 0.447. The van der Waals surface area contributed by atoms with Crippen LogP contribution in [0.5, 0.6) is 0 Å². The van der Waals surface area contributed by atoms with Crippen LogP contribution in [0.15, 0.2) is 28.7 Å². The molecule has 0 aromatic heterocycles. The van der Waals surface area contributed by atoms with Crippen LogP contribution < -0.4 is 10.6 Å². The van der Waals surface area contributed by atoms with Crippen molar-refractivity contribution in [2.24, 2.45) is 5.92 Å². The van der Waals surface area contributed by atoms with Gasteiger partial charge in [-0.05, 0) is 24.6 Å². The van der Waals surface area contributed by atoms with Crippen LogP contribution >= 0.6 is 15.9 Å². The molecule has 1 atom stereocenters. The summed E-state index contributed by atoms with van der Waals surface area (Å²) < 4.78 is 6.19. The van der Waals surface area contributed by atoms with Gasteiger partial charge in [0.25, 0.3) is 0 Å². The van der Waals surface area contributed by atoms with Crippen LogP contribution in [-0.4, -0.2) is 25.8 Å². The summed E-state index contributed by atoms with van der Waals surface area (Å²) in [5, 5.41) is 5.63. The van der Waals surface area contributed by atoms with Gasteiger partial charge < -0.3 is 15.4 Å². The Morgan fingerprint density at radius 1 is 1.53 bits per heavy atom. The third-order valence-corrected chi connectivity index (χ3v) is 3.15. The molecule has 0 bridgehead atoms. The minimum Gasteiger partial charge on any atom is -0.381 e. The molecular formula is C12H15BrN2O2. The second-order valence-electron chi connectivity index (χ2n) is 4.07. The van der Waals surface area contributed by atoms with Crippen molar-refractivity contribution in [3.63, 3.8) is 0 Å². The molecule has 1 unspecified atom stereocenters. The minimum absolute atomic E-state index is 0.171. The van der Waals surface area contributed by atoms with Crippen LogP contribution in [0.4, 0.5) is 10.5 Å². The lowest BCUT2D eigenvalue weighted by molar-refractivity contribution is 0.185. The monoisotopic (exact) mass is 298 g/mol. The van der Waals surface area contributed by atoms with E-state index in [1.807, 2.05) is 24.3 Å². The number of hydrogen-bond acceptors (Lipinski definition) is 2. The molecule has 1 fully saturated rings. The van der Waals surface area contributed by atoms with Crippen molar-refractivity contribution in [2.75, 3.05) is 25.1 Å². The molecule has 2 amide bonds. The van der Waals surface area contributed by atoms with Crippen LogP contribution in [0.25, 0.3) is 0 Å². The third kappa shape index (κ3) is 4.02. The molecule has 4 nitrogen and oxygen atoms in total. The van der Waals surface area contributed by atoms with Gasteiger partial charge >= 0.3 is 6.03 Å². The smallest absolute Gasteiger partial charge is 0.319 e. The number of carbonyl (C=O) groups excluding carboxylic acids is 1. The van der Waals surface area contributed by atoms with Gasteiger partial charge in [-0.3, -0.25) is 0 Å². The maximum Gasteiger partial charge on any atom is 0.319 e. The van der Waals surface area contributed by atoms with Gasteiger partial charge in [0, 0.05) is 29.2 Å². The van der Waals surface area contributed by atoms with Crippen molar-refractivity contribution in [1.82, 2.24) is 5.32 Å². The summed E-state index contributed by atoms with van der Waals surface area (Å²) >= 11 is 3.36. The fourth-order valence-electron chi connectivity index (χ4n) is 1.72. The predicted molar refractivity (Wildman–Crippen MR) is 70.1 cm³/mol. The van der Waals surface area contributed by atoms with E-state index in [2.05, 4.69) is 26.6 Å². The molecule has 0 saturated carbocycles. The number of halogens is 1. The molecular weight excluding hydrogens is 284 g/mol. The average molecular weight is 299 g/mol. The molecule has 0 aliphatic carbocycles. The number of nitrogens with one attached hydrogen (secondary N) is 2. The zero-order valence-corrected chi connectivity index (χ0v) is 11.0. The first-order valence-corrected chi connectivity index (χ1v) is 6.41. The average Bonchev–Trinajstić information content (AvgIpc) is 2.79. The zero-order chi connectivity index (χ0) is 12.1. The summed E-state index contributed by atoms with van der Waals surface area (Å²) in [6, 6.07) is 7.33. The van der Waals surface area contributed by atoms with Crippen LogP contribution in [-0.2, 0) is 4.74 Å². The van der Waals surface area contributed by atoms with Gasteiger partial charge in [-0.2, -0.15) is 0 Å². The highest BCUT2D eigenvalue weighted by Gasteiger charge is 2.16. The van der Waals surface area contributed by atoms with E-state index in [9.17, 15) is 4.79 Å². The third-order valence-electron chi connectivity index (χ3n) is 2.66. The maximum absolute atomic E-state index is 11.6. The molecule has 1 aliphatic heterocycles. The standard InChI is InChI=1S/C12H15BrN2O2/c13-10-2-1-3-11(6-10)15-12(16)14-7-9-4-5-17-8-9/h1-3,6,9H,4-5,7-8H2,(H2,14,15,16). The Hall–Kier alpha value is -1.07. The van der Waals surface area contributed by atoms with E-state index in [0.717, 1.165) is 29.8 Å². The topological polar surface area (TPSA) is 50.4 Å². The van der Waals surface area contributed by atoms with Crippen molar-refractivity contribution in [3.8, 4) is 0 Å². The molecule has 2 N–H and O–H groups in total. The van der Waals surface area contributed by atoms with Crippen LogP contribution in [0.3, 0.4) is 0 Å². The summed E-state index contributed by atoms with van der Waals surface area (Å²) in [6.07, 6.45) is 1.02. The molecule has 17 heavy (non-hydrogen) atoms. The highest BCUT2D eigenvalue weighted by Crippen LogP contribution is 2.15. The van der Waals surface area contributed by atoms with E-state index >= 15 is 0 Å². The highest BCUT2D eigenvalue weighted by molar-refractivity contribution is 9.10. The molecule has 1 saturated heterocycles. The first-order chi connectivity index (χ1) is 8.24. The van der Waals surface area contributed by atoms with Gasteiger partial charge in [0.15, 0.2) is 0 Å². The van der Waals surface area contributed by atoms with Gasteiger partial charge in [0.1, 0.15) is 0 Å². The molecule has 2 rings (SSSR count). The lowest BCUT2D eigenvalue weighted by Crippen LogP contribution is -2.33. The van der Waals surface area contributed by atoms with E-state index in [-0.39, 0.29) is 6.03 Å². The van der Waals surface area contributed by atoms with Gasteiger partial charge in [-0.1, -0.05) is 22.0 Å². The Morgan fingerprint density at radius 3 is 3.12 bits per heavy atom. The summed E-state index contributed by atoms with van der Waals surface area (Å²) in [7, 11) is 0. The summed E-state index contributed by atoms with van der Waals surface area (Å²) in [5.41, 5.74) is 0.777. The van der Waals surface area contributed by atoms with Crippen molar-refractivity contribution in [3.05, 3.63) is 28.7 Å². The Balaban J connectivity index is 1.76. The van der Waals surface area contributed by atoms with Crippen LogP contribution in [0.1, 0.15) is 6.42 Å². The van der Waals surface area contributed by atoms with Gasteiger partial charge in [0.2, 0.25) is 0 Å². The summed E-state index contributed by atoms with van der Waals surface area (Å²) in [4.78, 5) is 11.6. The summed E-state index contributed by atoms with van der Waals surface area (Å²) in [6.45, 7) is 2.22. The zero-order valence-electron chi connectivity index (χ0n) is 9.41. The number of anilines is 1. The molecule has 1 aliphatic rings. The second-order valence-corrected chi connectivity index (χ2v) is 4.99. The lowest BCUT2D eigenvalue weighted by Gasteiger charge is -2.10. The Kier molecular flexibility index (Phi) is 4.39. The maximum atomic E-state index is 11.6. The Bertz CT molecular complexity index is 392. The van der Waals surface area contributed by atoms with Crippen molar-refractivity contribution < 1.29 is 9.53 Å². The Labute approximate surface area is 109 Å². The van der Waals surface area contributed by atoms with E-state index in [1.165, 1.54) is 0 Å². The fraction of sp³-hybridized carbons (Fsp3) is 0.417. The normalized spacial score (nSPS) is 19.0. The lowest BCUT2D eigenvalue weighted by atomic mass is 10.1. The molecule has 1 aromatic carbocycles. The molecule has 1 aromatic rings. The van der Waals surface area contributed by atoms with Crippen molar-refractivity contribution in [1.29, 1.82) is 0 Å². The first-order valence-electron chi connectivity index (χ1n) is 5.62.